The Bertz CT molecular complexity index is 968. The van der Waals surface area contributed by atoms with Gasteiger partial charge in [-0.15, -0.1) is 0 Å². The van der Waals surface area contributed by atoms with Crippen molar-refractivity contribution in [3.63, 3.8) is 0 Å². The smallest absolute Gasteiger partial charge is 0.387 e. The molecule has 0 unspecified atom stereocenters. The monoisotopic (exact) mass is 437 g/mol. The quantitative estimate of drug-likeness (QED) is 0.576. The first kappa shape index (κ1) is 19.0. The van der Waals surface area contributed by atoms with E-state index in [2.05, 4.69) is 36.0 Å². The number of alkyl halides is 2. The minimum atomic E-state index is -2.89. The summed E-state index contributed by atoms with van der Waals surface area (Å²) in [6.07, 6.45) is 1.23. The van der Waals surface area contributed by atoms with E-state index in [0.717, 1.165) is 9.86 Å². The van der Waals surface area contributed by atoms with Crippen molar-refractivity contribution in [3.8, 4) is 5.75 Å². The van der Waals surface area contributed by atoms with Crippen LogP contribution >= 0.6 is 15.9 Å². The normalized spacial score (nSPS) is 10.9. The van der Waals surface area contributed by atoms with Crippen LogP contribution in [0.4, 0.5) is 14.5 Å². The lowest BCUT2D eigenvalue weighted by molar-refractivity contribution is -0.0500. The molecule has 0 amide bonds. The van der Waals surface area contributed by atoms with Gasteiger partial charge in [0.25, 0.3) is 0 Å². The van der Waals surface area contributed by atoms with Crippen LogP contribution in [0.1, 0.15) is 16.2 Å². The number of rotatable bonds is 6. The van der Waals surface area contributed by atoms with E-state index in [1.165, 1.54) is 19.4 Å². The van der Waals surface area contributed by atoms with Crippen molar-refractivity contribution in [2.75, 3.05) is 12.4 Å². The van der Waals surface area contributed by atoms with E-state index in [9.17, 15) is 13.6 Å². The van der Waals surface area contributed by atoms with Gasteiger partial charge in [0.1, 0.15) is 5.75 Å². The molecule has 9 heteroatoms. The molecule has 3 rings (SSSR count). The summed E-state index contributed by atoms with van der Waals surface area (Å²) < 4.78 is 34.3. The Kier molecular flexibility index (Phi) is 5.80. The number of nitrogens with zero attached hydrogens (tertiary/aromatic N) is 2. The number of anilines is 1. The molecule has 1 aromatic carbocycles. The number of halogens is 3. The number of carbonyl (C=O) groups is 1. The predicted octanol–water partition coefficient (Wildman–Crippen LogP) is 4.39. The number of esters is 1. The van der Waals surface area contributed by atoms with Crippen molar-refractivity contribution in [3.05, 3.63) is 58.5 Å². The van der Waals surface area contributed by atoms with E-state index in [-0.39, 0.29) is 11.4 Å². The van der Waals surface area contributed by atoms with Crippen LogP contribution in [0.15, 0.2) is 47.1 Å². The van der Waals surface area contributed by atoms with E-state index in [0.29, 0.717) is 23.4 Å². The van der Waals surface area contributed by atoms with Crippen LogP contribution in [-0.4, -0.2) is 29.7 Å². The van der Waals surface area contributed by atoms with E-state index >= 15 is 0 Å². The molecule has 0 aliphatic carbocycles. The first-order valence-corrected chi connectivity index (χ1v) is 8.58. The molecule has 0 aliphatic heterocycles. The second-order valence-electron chi connectivity index (χ2n) is 5.43. The minimum absolute atomic E-state index is 0.0139. The standard InChI is InChI=1S/C18H14BrF2N3O3/c1-26-17(25)16-7-15(13-6-10(19)2-5-14(13)24-16)23-8-11-3-4-12(9-22-11)27-18(20)21/h2-7,9,18H,8H2,1H3,(H,23,24). The summed E-state index contributed by atoms with van der Waals surface area (Å²) in [4.78, 5) is 20.3. The third-order valence-corrected chi connectivity index (χ3v) is 4.14. The summed E-state index contributed by atoms with van der Waals surface area (Å²) in [5.41, 5.74) is 2.06. The number of nitrogens with one attached hydrogen (secondary N) is 1. The van der Waals surface area contributed by atoms with Crippen LogP contribution < -0.4 is 10.1 Å². The van der Waals surface area contributed by atoms with E-state index < -0.39 is 12.6 Å². The van der Waals surface area contributed by atoms with Gasteiger partial charge in [0.2, 0.25) is 0 Å². The largest absolute Gasteiger partial charge is 0.464 e. The highest BCUT2D eigenvalue weighted by atomic mass is 79.9. The Labute approximate surface area is 161 Å². The minimum Gasteiger partial charge on any atom is -0.464 e. The van der Waals surface area contributed by atoms with Gasteiger partial charge in [0, 0.05) is 15.5 Å². The molecule has 0 saturated heterocycles. The molecule has 2 aromatic heterocycles. The zero-order chi connectivity index (χ0) is 19.4. The summed E-state index contributed by atoms with van der Waals surface area (Å²) >= 11 is 3.42. The zero-order valence-corrected chi connectivity index (χ0v) is 15.7. The molecule has 0 radical (unpaired) electrons. The molecule has 0 spiro atoms. The first-order valence-electron chi connectivity index (χ1n) is 7.78. The van der Waals surface area contributed by atoms with Crippen LogP contribution in [0.5, 0.6) is 5.75 Å². The maximum Gasteiger partial charge on any atom is 0.387 e. The van der Waals surface area contributed by atoms with Gasteiger partial charge in [-0.3, -0.25) is 4.98 Å². The Hall–Kier alpha value is -2.81. The van der Waals surface area contributed by atoms with Gasteiger partial charge in [-0.2, -0.15) is 8.78 Å². The molecule has 0 atom stereocenters. The fraction of sp³-hybridized carbons (Fsp3) is 0.167. The van der Waals surface area contributed by atoms with Gasteiger partial charge in [-0.1, -0.05) is 15.9 Å². The SMILES string of the molecule is COC(=O)c1cc(NCc2ccc(OC(F)F)cn2)c2cc(Br)ccc2n1. The topological polar surface area (TPSA) is 73.3 Å². The second kappa shape index (κ2) is 8.26. The molecule has 6 nitrogen and oxygen atoms in total. The van der Waals surface area contributed by atoms with Gasteiger partial charge in [0.05, 0.1) is 31.1 Å². The molecule has 27 heavy (non-hydrogen) atoms. The van der Waals surface area contributed by atoms with Gasteiger partial charge in [0.15, 0.2) is 5.69 Å². The van der Waals surface area contributed by atoms with Crippen molar-refractivity contribution in [2.24, 2.45) is 0 Å². The molecule has 2 heterocycles. The van der Waals surface area contributed by atoms with Gasteiger partial charge >= 0.3 is 12.6 Å². The maximum absolute atomic E-state index is 12.2. The molecule has 0 aliphatic rings. The summed E-state index contributed by atoms with van der Waals surface area (Å²) in [7, 11) is 1.29. The number of hydrogen-bond acceptors (Lipinski definition) is 6. The highest BCUT2D eigenvalue weighted by Crippen LogP contribution is 2.27. The number of pyridine rings is 2. The van der Waals surface area contributed by atoms with Crippen LogP contribution in [0, 0.1) is 0 Å². The average Bonchev–Trinajstić information content (AvgIpc) is 2.66. The molecular formula is C18H14BrF2N3O3. The fourth-order valence-electron chi connectivity index (χ4n) is 2.43. The average molecular weight is 438 g/mol. The van der Waals surface area contributed by atoms with Crippen LogP contribution in [0.25, 0.3) is 10.9 Å². The Morgan fingerprint density at radius 3 is 2.74 bits per heavy atom. The molecule has 3 aromatic rings. The highest BCUT2D eigenvalue weighted by molar-refractivity contribution is 9.10. The molecule has 1 N–H and O–H groups in total. The molecular weight excluding hydrogens is 424 g/mol. The Balaban J connectivity index is 1.86. The van der Waals surface area contributed by atoms with Crippen molar-refractivity contribution in [1.82, 2.24) is 9.97 Å². The zero-order valence-electron chi connectivity index (χ0n) is 14.1. The fourth-order valence-corrected chi connectivity index (χ4v) is 2.79. The first-order chi connectivity index (χ1) is 13.0. The second-order valence-corrected chi connectivity index (χ2v) is 6.34. The predicted molar refractivity (Wildman–Crippen MR) is 99.0 cm³/mol. The number of benzene rings is 1. The van der Waals surface area contributed by atoms with Gasteiger partial charge in [-0.25, -0.2) is 9.78 Å². The van der Waals surface area contributed by atoms with Gasteiger partial charge in [-0.05, 0) is 36.4 Å². The van der Waals surface area contributed by atoms with Crippen LogP contribution in [0.3, 0.4) is 0 Å². The molecule has 0 saturated carbocycles. The lowest BCUT2D eigenvalue weighted by Gasteiger charge is -2.12. The van der Waals surface area contributed by atoms with E-state index in [1.54, 1.807) is 18.2 Å². The van der Waals surface area contributed by atoms with E-state index in [1.807, 2.05) is 12.1 Å². The summed E-state index contributed by atoms with van der Waals surface area (Å²) in [6.45, 7) is -2.59. The Morgan fingerprint density at radius 1 is 1.26 bits per heavy atom. The Morgan fingerprint density at radius 2 is 2.07 bits per heavy atom. The van der Waals surface area contributed by atoms with Crippen molar-refractivity contribution >= 4 is 38.5 Å². The third-order valence-electron chi connectivity index (χ3n) is 3.65. The molecule has 0 bridgehead atoms. The molecule has 0 fully saturated rings. The summed E-state index contributed by atoms with van der Waals surface area (Å²) in [5, 5.41) is 3.99. The number of hydrogen-bond donors (Lipinski definition) is 1. The number of methoxy groups -OCH3 is 1. The maximum atomic E-state index is 12.2. The lowest BCUT2D eigenvalue weighted by atomic mass is 10.1. The van der Waals surface area contributed by atoms with Crippen LogP contribution in [-0.2, 0) is 11.3 Å². The van der Waals surface area contributed by atoms with E-state index in [4.69, 9.17) is 4.74 Å². The summed E-state index contributed by atoms with van der Waals surface area (Å²) in [5.74, 6) is -0.561. The number of fused-ring (bicyclic) bond motifs is 1. The third kappa shape index (κ3) is 4.68. The van der Waals surface area contributed by atoms with Crippen molar-refractivity contribution in [2.45, 2.75) is 13.2 Å². The number of carbonyl (C=O) groups excluding carboxylic acids is 1. The van der Waals surface area contributed by atoms with Crippen molar-refractivity contribution < 1.29 is 23.0 Å². The molecule has 140 valence electrons. The highest BCUT2D eigenvalue weighted by Gasteiger charge is 2.13. The van der Waals surface area contributed by atoms with Crippen LogP contribution in [0.2, 0.25) is 0 Å². The van der Waals surface area contributed by atoms with Gasteiger partial charge < -0.3 is 14.8 Å². The number of aromatic nitrogens is 2. The summed E-state index contributed by atoms with van der Waals surface area (Å²) in [6, 6.07) is 10.1. The number of ether oxygens (including phenoxy) is 2. The van der Waals surface area contributed by atoms with Crippen molar-refractivity contribution in [1.29, 1.82) is 0 Å². The lowest BCUT2D eigenvalue weighted by Crippen LogP contribution is -2.08.